The Morgan fingerprint density at radius 1 is 0.970 bits per heavy atom. The predicted molar refractivity (Wildman–Crippen MR) is 127 cm³/mol. The third-order valence-corrected chi connectivity index (χ3v) is 6.36. The van der Waals surface area contributed by atoms with E-state index >= 15 is 0 Å². The quantitative estimate of drug-likeness (QED) is 0.364. The maximum absolute atomic E-state index is 13.3. The van der Waals surface area contributed by atoms with Gasteiger partial charge in [0.15, 0.2) is 0 Å². The van der Waals surface area contributed by atoms with E-state index in [1.54, 1.807) is 66.7 Å². The topological polar surface area (TPSA) is 97.3 Å². The summed E-state index contributed by atoms with van der Waals surface area (Å²) in [5.74, 6) is 0.715. The molecule has 0 radical (unpaired) electrons. The molecule has 8 nitrogen and oxygen atoms in total. The Morgan fingerprint density at radius 3 is 2.21 bits per heavy atom. The van der Waals surface area contributed by atoms with Crippen molar-refractivity contribution < 1.29 is 22.7 Å². The first-order valence-electron chi connectivity index (χ1n) is 10.2. The van der Waals surface area contributed by atoms with Crippen LogP contribution in [0.15, 0.2) is 88.9 Å². The highest BCUT2D eigenvalue weighted by Gasteiger charge is 2.27. The van der Waals surface area contributed by atoms with E-state index < -0.39 is 22.5 Å². The second kappa shape index (κ2) is 11.1. The Labute approximate surface area is 193 Å². The predicted octanol–water partition coefficient (Wildman–Crippen LogP) is 3.44. The molecule has 0 bridgehead atoms. The number of ether oxygens (including phenoxy) is 2. The van der Waals surface area contributed by atoms with Gasteiger partial charge >= 0.3 is 0 Å². The van der Waals surface area contributed by atoms with Crippen LogP contribution in [-0.2, 0) is 14.8 Å². The van der Waals surface area contributed by atoms with Crippen LogP contribution in [0.25, 0.3) is 0 Å². The van der Waals surface area contributed by atoms with Gasteiger partial charge in [-0.1, -0.05) is 18.2 Å². The van der Waals surface area contributed by atoms with Gasteiger partial charge in [0.2, 0.25) is 0 Å². The summed E-state index contributed by atoms with van der Waals surface area (Å²) in [4.78, 5) is 12.7. The Morgan fingerprint density at radius 2 is 1.61 bits per heavy atom. The molecule has 9 heteroatoms. The number of carbonyl (C=O) groups is 1. The third kappa shape index (κ3) is 6.33. The van der Waals surface area contributed by atoms with Crippen LogP contribution in [0.4, 0.5) is 5.69 Å². The van der Waals surface area contributed by atoms with Crippen LogP contribution < -0.4 is 19.2 Å². The van der Waals surface area contributed by atoms with Crippen molar-refractivity contribution in [1.29, 1.82) is 0 Å². The zero-order valence-electron chi connectivity index (χ0n) is 18.3. The van der Waals surface area contributed by atoms with E-state index in [0.717, 1.165) is 15.6 Å². The number of anilines is 1. The molecule has 0 unspecified atom stereocenters. The van der Waals surface area contributed by atoms with E-state index in [2.05, 4.69) is 10.5 Å². The van der Waals surface area contributed by atoms with Gasteiger partial charge in [0, 0.05) is 0 Å². The fourth-order valence-electron chi connectivity index (χ4n) is 2.94. The van der Waals surface area contributed by atoms with Gasteiger partial charge in [-0.05, 0) is 73.2 Å². The van der Waals surface area contributed by atoms with Gasteiger partial charge in [0.25, 0.3) is 15.9 Å². The average Bonchev–Trinajstić information content (AvgIpc) is 2.84. The fraction of sp³-hybridized carbons (Fsp3) is 0.167. The molecule has 33 heavy (non-hydrogen) atoms. The van der Waals surface area contributed by atoms with Gasteiger partial charge in [-0.2, -0.15) is 5.10 Å². The minimum absolute atomic E-state index is 0.0755. The van der Waals surface area contributed by atoms with E-state index in [4.69, 9.17) is 9.47 Å². The number of amides is 1. The molecule has 0 saturated heterocycles. The van der Waals surface area contributed by atoms with Crippen LogP contribution >= 0.6 is 0 Å². The molecule has 172 valence electrons. The van der Waals surface area contributed by atoms with Gasteiger partial charge in [-0.3, -0.25) is 9.10 Å². The molecular weight excluding hydrogens is 442 g/mol. The van der Waals surface area contributed by atoms with Crippen molar-refractivity contribution >= 4 is 27.8 Å². The molecule has 0 fully saturated rings. The number of nitrogens with one attached hydrogen (secondary N) is 1. The number of nitrogens with zero attached hydrogens (tertiary/aromatic N) is 2. The van der Waals surface area contributed by atoms with E-state index in [1.807, 2.05) is 6.92 Å². The minimum Gasteiger partial charge on any atom is -0.497 e. The lowest BCUT2D eigenvalue weighted by atomic mass is 10.2. The largest absolute Gasteiger partial charge is 0.497 e. The summed E-state index contributed by atoms with van der Waals surface area (Å²) in [5.41, 5.74) is 3.46. The van der Waals surface area contributed by atoms with Crippen LogP contribution in [0, 0.1) is 0 Å². The molecule has 0 aliphatic carbocycles. The van der Waals surface area contributed by atoms with Crippen molar-refractivity contribution in [3.63, 3.8) is 0 Å². The van der Waals surface area contributed by atoms with Crippen molar-refractivity contribution in [2.75, 3.05) is 24.6 Å². The highest BCUT2D eigenvalue weighted by molar-refractivity contribution is 7.92. The Kier molecular flexibility index (Phi) is 8.04. The summed E-state index contributed by atoms with van der Waals surface area (Å²) in [6, 6.07) is 21.5. The molecule has 1 amide bonds. The number of hydrogen-bond donors (Lipinski definition) is 1. The molecule has 0 atom stereocenters. The van der Waals surface area contributed by atoms with Crippen LogP contribution in [-0.4, -0.2) is 40.8 Å². The van der Waals surface area contributed by atoms with Crippen LogP contribution in [0.1, 0.15) is 12.5 Å². The van der Waals surface area contributed by atoms with Crippen molar-refractivity contribution in [2.45, 2.75) is 11.8 Å². The average molecular weight is 468 g/mol. The number of carbonyl (C=O) groups excluding carboxylic acids is 1. The van der Waals surface area contributed by atoms with Gasteiger partial charge in [0.1, 0.15) is 18.0 Å². The second-order valence-corrected chi connectivity index (χ2v) is 8.68. The molecule has 3 aromatic rings. The molecule has 3 rings (SSSR count). The Hall–Kier alpha value is -3.85. The summed E-state index contributed by atoms with van der Waals surface area (Å²) in [6.07, 6.45) is 1.47. The number of sulfonamides is 1. The molecule has 0 saturated carbocycles. The van der Waals surface area contributed by atoms with Gasteiger partial charge in [0.05, 0.1) is 30.5 Å². The van der Waals surface area contributed by atoms with Gasteiger partial charge in [-0.15, -0.1) is 0 Å². The van der Waals surface area contributed by atoms with E-state index in [-0.39, 0.29) is 4.90 Å². The molecule has 0 aliphatic heterocycles. The Balaban J connectivity index is 1.77. The zero-order chi connectivity index (χ0) is 23.7. The molecular formula is C24H25N3O5S. The molecule has 0 aromatic heterocycles. The summed E-state index contributed by atoms with van der Waals surface area (Å²) < 4.78 is 38.1. The van der Waals surface area contributed by atoms with E-state index in [1.165, 1.54) is 25.5 Å². The van der Waals surface area contributed by atoms with Crippen molar-refractivity contribution in [1.82, 2.24) is 5.43 Å². The van der Waals surface area contributed by atoms with Crippen molar-refractivity contribution in [3.05, 3.63) is 84.4 Å². The number of benzene rings is 3. The first-order chi connectivity index (χ1) is 15.9. The summed E-state index contributed by atoms with van der Waals surface area (Å²) >= 11 is 0. The maximum Gasteiger partial charge on any atom is 0.264 e. The lowest BCUT2D eigenvalue weighted by Crippen LogP contribution is -2.39. The summed E-state index contributed by atoms with van der Waals surface area (Å²) in [7, 11) is -2.47. The number of hydrazone groups is 1. The third-order valence-electron chi connectivity index (χ3n) is 4.57. The molecule has 0 spiro atoms. The molecule has 1 N–H and O–H groups in total. The summed E-state index contributed by atoms with van der Waals surface area (Å²) in [6.45, 7) is 2.02. The van der Waals surface area contributed by atoms with Crippen molar-refractivity contribution in [3.8, 4) is 11.5 Å². The normalized spacial score (nSPS) is 11.2. The fourth-order valence-corrected chi connectivity index (χ4v) is 4.39. The first-order valence-corrected chi connectivity index (χ1v) is 11.6. The Bertz CT molecular complexity index is 1180. The van der Waals surface area contributed by atoms with E-state index in [0.29, 0.717) is 18.0 Å². The van der Waals surface area contributed by atoms with Gasteiger partial charge in [-0.25, -0.2) is 13.8 Å². The second-order valence-electron chi connectivity index (χ2n) is 6.82. The highest BCUT2D eigenvalue weighted by atomic mass is 32.2. The lowest BCUT2D eigenvalue weighted by molar-refractivity contribution is -0.119. The summed E-state index contributed by atoms with van der Waals surface area (Å²) in [5, 5.41) is 3.94. The van der Waals surface area contributed by atoms with Crippen molar-refractivity contribution in [2.24, 2.45) is 5.10 Å². The SMILES string of the molecule is CCOc1ccc(/C=N/NC(=O)CN(c2ccc(OC)cc2)S(=O)(=O)c2ccccc2)cc1. The van der Waals surface area contributed by atoms with Crippen LogP contribution in [0.5, 0.6) is 11.5 Å². The smallest absolute Gasteiger partial charge is 0.264 e. The maximum atomic E-state index is 13.3. The standard InChI is InChI=1S/C24H25N3O5S/c1-3-32-22-13-9-19(10-14-22)17-25-26-24(28)18-27(20-11-15-21(31-2)16-12-20)33(29,30)23-7-5-4-6-8-23/h4-17H,3,18H2,1-2H3,(H,26,28)/b25-17+. The molecule has 3 aromatic carbocycles. The lowest BCUT2D eigenvalue weighted by Gasteiger charge is -2.23. The van der Waals surface area contributed by atoms with E-state index in [9.17, 15) is 13.2 Å². The zero-order valence-corrected chi connectivity index (χ0v) is 19.2. The van der Waals surface area contributed by atoms with Crippen LogP contribution in [0.3, 0.4) is 0 Å². The molecule has 0 heterocycles. The first kappa shape index (κ1) is 23.8. The van der Waals surface area contributed by atoms with Gasteiger partial charge < -0.3 is 9.47 Å². The highest BCUT2D eigenvalue weighted by Crippen LogP contribution is 2.25. The monoisotopic (exact) mass is 467 g/mol. The number of rotatable bonds is 10. The number of hydrogen-bond acceptors (Lipinski definition) is 6. The molecule has 0 aliphatic rings. The minimum atomic E-state index is -3.99. The number of methoxy groups -OCH3 is 1. The van der Waals surface area contributed by atoms with Crippen LogP contribution in [0.2, 0.25) is 0 Å².